The largest absolute Gasteiger partial charge is 0.333 e. The number of nitrogens with one attached hydrogen (secondary N) is 1. The van der Waals surface area contributed by atoms with Crippen LogP contribution >= 0.6 is 0 Å². The molecule has 188 valence electrons. The van der Waals surface area contributed by atoms with Crippen LogP contribution in [-0.4, -0.2) is 48.1 Å². The number of fused-ring (bicyclic) bond motifs is 1. The van der Waals surface area contributed by atoms with Crippen LogP contribution in [0.1, 0.15) is 41.7 Å². The number of amides is 2. The number of carbonyl (C=O) groups excluding carboxylic acids is 1. The zero-order valence-electron chi connectivity index (χ0n) is 22.3. The quantitative estimate of drug-likeness (QED) is 0.473. The minimum absolute atomic E-state index is 0.0571. The maximum Gasteiger partial charge on any atom is 0.326 e. The van der Waals surface area contributed by atoms with Crippen molar-refractivity contribution >= 4 is 17.4 Å². The van der Waals surface area contributed by atoms with Gasteiger partial charge in [-0.3, -0.25) is 14.7 Å². The topological polar surface area (TPSA) is 38.8 Å². The standard InChI is InChI=1S/C31H38N4O/c1-21(2)34-15-13-33(14-16-34)20-25-17-27(26-12-7-6-9-22(26)3)28-19-32-31(36)35(29(28)18-25)30-23(4)10-8-11-24(30)5/h6-12,17-18,21H,13-16,19-20H2,1-5H3,(H,32,36). The van der Waals surface area contributed by atoms with Crippen molar-refractivity contribution in [1.29, 1.82) is 0 Å². The summed E-state index contributed by atoms with van der Waals surface area (Å²) in [6.45, 7) is 16.7. The van der Waals surface area contributed by atoms with Gasteiger partial charge in [-0.15, -0.1) is 0 Å². The number of aryl methyl sites for hydroxylation is 3. The van der Waals surface area contributed by atoms with E-state index in [9.17, 15) is 4.79 Å². The second-order valence-electron chi connectivity index (χ2n) is 10.6. The van der Waals surface area contributed by atoms with E-state index in [0.717, 1.165) is 55.2 Å². The van der Waals surface area contributed by atoms with Crippen LogP contribution in [0.2, 0.25) is 0 Å². The van der Waals surface area contributed by atoms with Crippen molar-refractivity contribution in [3.8, 4) is 11.1 Å². The fraction of sp³-hybridized carbons (Fsp3) is 0.387. The molecule has 1 saturated heterocycles. The average Bonchev–Trinajstić information content (AvgIpc) is 2.85. The SMILES string of the molecule is Cc1ccccc1-c1cc(CN2CCN(C(C)C)CC2)cc2c1CNC(=O)N2c1c(C)cccc1C. The molecule has 1 N–H and O–H groups in total. The lowest BCUT2D eigenvalue weighted by atomic mass is 9.91. The van der Waals surface area contributed by atoms with E-state index in [1.165, 1.54) is 27.8 Å². The van der Waals surface area contributed by atoms with Gasteiger partial charge in [0.1, 0.15) is 0 Å². The van der Waals surface area contributed by atoms with Crippen molar-refractivity contribution in [2.75, 3.05) is 31.1 Å². The van der Waals surface area contributed by atoms with E-state index in [4.69, 9.17) is 0 Å². The van der Waals surface area contributed by atoms with Crippen LogP contribution in [0.4, 0.5) is 16.2 Å². The summed E-state index contributed by atoms with van der Waals surface area (Å²) in [5.74, 6) is 0. The first kappa shape index (κ1) is 24.5. The number of carbonyl (C=O) groups is 1. The van der Waals surface area contributed by atoms with E-state index in [1.807, 2.05) is 4.90 Å². The molecule has 0 spiro atoms. The second kappa shape index (κ2) is 10.1. The van der Waals surface area contributed by atoms with Gasteiger partial charge in [-0.1, -0.05) is 42.5 Å². The number of hydrogen-bond donors (Lipinski definition) is 1. The third kappa shape index (κ3) is 4.65. The minimum Gasteiger partial charge on any atom is -0.333 e. The Balaban J connectivity index is 1.61. The highest BCUT2D eigenvalue weighted by Gasteiger charge is 2.30. The number of piperazine rings is 1. The number of nitrogens with zero attached hydrogens (tertiary/aromatic N) is 3. The Morgan fingerprint density at radius 2 is 1.50 bits per heavy atom. The fourth-order valence-electron chi connectivity index (χ4n) is 5.74. The van der Waals surface area contributed by atoms with Gasteiger partial charge in [0.15, 0.2) is 0 Å². The summed E-state index contributed by atoms with van der Waals surface area (Å²) in [6.07, 6.45) is 0. The van der Waals surface area contributed by atoms with Crippen molar-refractivity contribution in [3.63, 3.8) is 0 Å². The Labute approximate surface area is 215 Å². The number of rotatable bonds is 5. The maximum absolute atomic E-state index is 13.4. The van der Waals surface area contributed by atoms with Crippen molar-refractivity contribution < 1.29 is 4.79 Å². The molecule has 2 heterocycles. The van der Waals surface area contributed by atoms with Gasteiger partial charge >= 0.3 is 6.03 Å². The molecule has 36 heavy (non-hydrogen) atoms. The Morgan fingerprint density at radius 1 is 0.833 bits per heavy atom. The molecular formula is C31H38N4O. The molecular weight excluding hydrogens is 444 g/mol. The predicted octanol–water partition coefficient (Wildman–Crippen LogP) is 6.17. The van der Waals surface area contributed by atoms with E-state index in [2.05, 4.69) is 104 Å². The predicted molar refractivity (Wildman–Crippen MR) is 149 cm³/mol. The van der Waals surface area contributed by atoms with Crippen molar-refractivity contribution in [1.82, 2.24) is 15.1 Å². The van der Waals surface area contributed by atoms with E-state index in [1.54, 1.807) is 0 Å². The highest BCUT2D eigenvalue weighted by molar-refractivity contribution is 6.04. The molecule has 2 amide bonds. The van der Waals surface area contributed by atoms with Crippen LogP contribution in [0.15, 0.2) is 54.6 Å². The first-order chi connectivity index (χ1) is 17.3. The van der Waals surface area contributed by atoms with Gasteiger partial charge in [0, 0.05) is 50.9 Å². The molecule has 0 atom stereocenters. The van der Waals surface area contributed by atoms with Gasteiger partial charge in [0.05, 0.1) is 11.4 Å². The summed E-state index contributed by atoms with van der Waals surface area (Å²) >= 11 is 0. The smallest absolute Gasteiger partial charge is 0.326 e. The first-order valence-corrected chi connectivity index (χ1v) is 13.2. The number of anilines is 2. The van der Waals surface area contributed by atoms with Crippen LogP contribution in [0.3, 0.4) is 0 Å². The molecule has 0 bridgehead atoms. The van der Waals surface area contributed by atoms with E-state index in [0.29, 0.717) is 12.6 Å². The van der Waals surface area contributed by atoms with Gasteiger partial charge < -0.3 is 5.32 Å². The van der Waals surface area contributed by atoms with Gasteiger partial charge in [0.2, 0.25) is 0 Å². The van der Waals surface area contributed by atoms with E-state index >= 15 is 0 Å². The summed E-state index contributed by atoms with van der Waals surface area (Å²) in [5.41, 5.74) is 10.3. The van der Waals surface area contributed by atoms with Gasteiger partial charge in [-0.2, -0.15) is 0 Å². The van der Waals surface area contributed by atoms with Crippen molar-refractivity contribution in [3.05, 3.63) is 82.4 Å². The van der Waals surface area contributed by atoms with Crippen LogP contribution in [0, 0.1) is 20.8 Å². The zero-order chi connectivity index (χ0) is 25.4. The molecule has 0 aromatic heterocycles. The molecule has 0 saturated carbocycles. The molecule has 2 aliphatic heterocycles. The Bertz CT molecular complexity index is 1250. The molecule has 3 aromatic rings. The molecule has 0 aliphatic carbocycles. The van der Waals surface area contributed by atoms with Crippen LogP contribution in [-0.2, 0) is 13.1 Å². The molecule has 5 rings (SSSR count). The van der Waals surface area contributed by atoms with Crippen molar-refractivity contribution in [2.45, 2.75) is 53.8 Å². The minimum atomic E-state index is -0.0571. The highest BCUT2D eigenvalue weighted by Crippen LogP contribution is 2.41. The highest BCUT2D eigenvalue weighted by atomic mass is 16.2. The first-order valence-electron chi connectivity index (χ1n) is 13.2. The molecule has 1 fully saturated rings. The molecule has 5 heteroatoms. The number of hydrogen-bond acceptors (Lipinski definition) is 3. The Morgan fingerprint density at radius 3 is 2.17 bits per heavy atom. The normalized spacial score (nSPS) is 16.8. The van der Waals surface area contributed by atoms with Gasteiger partial charge in [-0.05, 0) is 80.1 Å². The summed E-state index contributed by atoms with van der Waals surface area (Å²) < 4.78 is 0. The summed E-state index contributed by atoms with van der Waals surface area (Å²) in [6, 6.07) is 20.0. The monoisotopic (exact) mass is 482 g/mol. The summed E-state index contributed by atoms with van der Waals surface area (Å²) in [5, 5.41) is 3.16. The maximum atomic E-state index is 13.4. The molecule has 2 aliphatic rings. The Hall–Kier alpha value is -3.15. The summed E-state index contributed by atoms with van der Waals surface area (Å²) in [4.78, 5) is 20.4. The third-order valence-corrected chi connectivity index (χ3v) is 7.79. The van der Waals surface area contributed by atoms with E-state index in [-0.39, 0.29) is 6.03 Å². The number of benzene rings is 3. The molecule has 5 nitrogen and oxygen atoms in total. The zero-order valence-corrected chi connectivity index (χ0v) is 22.3. The lowest BCUT2D eigenvalue weighted by Crippen LogP contribution is -2.48. The van der Waals surface area contributed by atoms with Crippen LogP contribution < -0.4 is 10.2 Å². The second-order valence-corrected chi connectivity index (χ2v) is 10.6. The summed E-state index contributed by atoms with van der Waals surface area (Å²) in [7, 11) is 0. The average molecular weight is 483 g/mol. The van der Waals surface area contributed by atoms with Crippen molar-refractivity contribution in [2.24, 2.45) is 0 Å². The van der Waals surface area contributed by atoms with Crippen LogP contribution in [0.5, 0.6) is 0 Å². The van der Waals surface area contributed by atoms with E-state index < -0.39 is 0 Å². The molecule has 0 radical (unpaired) electrons. The number of urea groups is 1. The Kier molecular flexibility index (Phi) is 6.87. The third-order valence-electron chi connectivity index (χ3n) is 7.79. The lowest BCUT2D eigenvalue weighted by Gasteiger charge is -2.37. The lowest BCUT2D eigenvalue weighted by molar-refractivity contribution is 0.104. The molecule has 3 aromatic carbocycles. The fourth-order valence-corrected chi connectivity index (χ4v) is 5.74. The van der Waals surface area contributed by atoms with Crippen LogP contribution in [0.25, 0.3) is 11.1 Å². The van der Waals surface area contributed by atoms with Gasteiger partial charge in [0.25, 0.3) is 0 Å². The van der Waals surface area contributed by atoms with Gasteiger partial charge in [-0.25, -0.2) is 4.79 Å². The molecule has 0 unspecified atom stereocenters. The number of para-hydroxylation sites is 1.